The van der Waals surface area contributed by atoms with Gasteiger partial charge in [-0.05, 0) is 60.2 Å². The first-order valence-electron chi connectivity index (χ1n) is 10.9. The van der Waals surface area contributed by atoms with Crippen molar-refractivity contribution in [2.75, 3.05) is 33.9 Å². The molecule has 0 radical (unpaired) electrons. The number of ether oxygens (including phenoxy) is 2. The molecule has 2 aromatic rings. The number of fused-ring (bicyclic) bond motifs is 1. The van der Waals surface area contributed by atoms with Crippen molar-refractivity contribution in [3.63, 3.8) is 0 Å². The third-order valence-corrected chi connectivity index (χ3v) is 6.31. The number of nitrogens with one attached hydrogen (secondary N) is 1. The van der Waals surface area contributed by atoms with Crippen molar-refractivity contribution >= 4 is 6.03 Å². The van der Waals surface area contributed by atoms with E-state index in [4.69, 9.17) is 9.47 Å². The molecule has 0 spiro atoms. The molecule has 6 nitrogen and oxygen atoms in total. The third kappa shape index (κ3) is 4.96. The first-order chi connectivity index (χ1) is 15.5. The van der Waals surface area contributed by atoms with E-state index in [1.54, 1.807) is 20.3 Å². The SMILES string of the molecule is COc1cc2c(cc1OC)CN(C(=O)NC1CCN(Cc3ccc(F)c(F)c3)CC1)CC2. The zero-order valence-electron chi connectivity index (χ0n) is 18.5. The van der Waals surface area contributed by atoms with Gasteiger partial charge in [-0.25, -0.2) is 13.6 Å². The number of benzene rings is 2. The van der Waals surface area contributed by atoms with E-state index in [2.05, 4.69) is 10.2 Å². The summed E-state index contributed by atoms with van der Waals surface area (Å²) in [5.41, 5.74) is 3.01. The fraction of sp³-hybridized carbons (Fsp3) is 0.458. The van der Waals surface area contributed by atoms with E-state index >= 15 is 0 Å². The van der Waals surface area contributed by atoms with Gasteiger partial charge in [0.2, 0.25) is 0 Å². The molecule has 0 atom stereocenters. The van der Waals surface area contributed by atoms with E-state index in [0.29, 0.717) is 31.1 Å². The maximum Gasteiger partial charge on any atom is 0.317 e. The number of urea groups is 1. The molecule has 2 heterocycles. The average molecular weight is 446 g/mol. The molecule has 8 heteroatoms. The summed E-state index contributed by atoms with van der Waals surface area (Å²) in [6.45, 7) is 3.36. The van der Waals surface area contributed by atoms with Gasteiger partial charge < -0.3 is 19.7 Å². The van der Waals surface area contributed by atoms with Gasteiger partial charge in [0.15, 0.2) is 23.1 Å². The highest BCUT2D eigenvalue weighted by atomic mass is 19.2. The van der Waals surface area contributed by atoms with Crippen LogP contribution in [-0.4, -0.2) is 55.7 Å². The normalized spacial score (nSPS) is 17.1. The minimum Gasteiger partial charge on any atom is -0.493 e. The van der Waals surface area contributed by atoms with Crippen LogP contribution in [0, 0.1) is 11.6 Å². The molecule has 0 bridgehead atoms. The van der Waals surface area contributed by atoms with Crippen LogP contribution in [0.3, 0.4) is 0 Å². The van der Waals surface area contributed by atoms with Crippen molar-refractivity contribution in [1.29, 1.82) is 0 Å². The number of hydrogen-bond donors (Lipinski definition) is 1. The van der Waals surface area contributed by atoms with Gasteiger partial charge in [-0.15, -0.1) is 0 Å². The monoisotopic (exact) mass is 445 g/mol. The van der Waals surface area contributed by atoms with Crippen LogP contribution in [0.2, 0.25) is 0 Å². The molecule has 172 valence electrons. The summed E-state index contributed by atoms with van der Waals surface area (Å²) in [4.78, 5) is 16.9. The molecule has 0 aliphatic carbocycles. The molecule has 0 unspecified atom stereocenters. The van der Waals surface area contributed by atoms with Crippen molar-refractivity contribution in [1.82, 2.24) is 15.1 Å². The Balaban J connectivity index is 1.28. The van der Waals surface area contributed by atoms with Gasteiger partial charge in [0.1, 0.15) is 0 Å². The molecule has 2 amide bonds. The van der Waals surface area contributed by atoms with Crippen molar-refractivity contribution < 1.29 is 23.0 Å². The summed E-state index contributed by atoms with van der Waals surface area (Å²) in [5.74, 6) is -0.266. The van der Waals surface area contributed by atoms with Gasteiger partial charge in [0.05, 0.1) is 14.2 Å². The number of likely N-dealkylation sites (tertiary alicyclic amines) is 1. The summed E-state index contributed by atoms with van der Waals surface area (Å²) in [6.07, 6.45) is 2.42. The number of methoxy groups -OCH3 is 2. The molecule has 0 aromatic heterocycles. The number of hydrogen-bond acceptors (Lipinski definition) is 4. The average Bonchev–Trinajstić information content (AvgIpc) is 2.81. The maximum atomic E-state index is 13.4. The third-order valence-electron chi connectivity index (χ3n) is 6.31. The second-order valence-electron chi connectivity index (χ2n) is 8.40. The molecule has 2 aromatic carbocycles. The summed E-state index contributed by atoms with van der Waals surface area (Å²) in [7, 11) is 3.23. The Kier molecular flexibility index (Phi) is 6.79. The topological polar surface area (TPSA) is 54.0 Å². The van der Waals surface area contributed by atoms with Crippen LogP contribution < -0.4 is 14.8 Å². The highest BCUT2D eigenvalue weighted by Gasteiger charge is 2.26. The largest absolute Gasteiger partial charge is 0.493 e. The first-order valence-corrected chi connectivity index (χ1v) is 10.9. The van der Waals surface area contributed by atoms with Crippen LogP contribution in [0.4, 0.5) is 13.6 Å². The van der Waals surface area contributed by atoms with E-state index in [-0.39, 0.29) is 12.1 Å². The molecule has 0 saturated carbocycles. The lowest BCUT2D eigenvalue weighted by atomic mass is 9.99. The van der Waals surface area contributed by atoms with Crippen molar-refractivity contribution in [2.24, 2.45) is 0 Å². The molecule has 1 fully saturated rings. The van der Waals surface area contributed by atoms with Gasteiger partial charge >= 0.3 is 6.03 Å². The minimum atomic E-state index is -0.826. The van der Waals surface area contributed by atoms with E-state index in [1.807, 2.05) is 17.0 Å². The van der Waals surface area contributed by atoms with Crippen molar-refractivity contribution in [3.8, 4) is 11.5 Å². The minimum absolute atomic E-state index is 0.0514. The van der Waals surface area contributed by atoms with Crippen LogP contribution in [0.25, 0.3) is 0 Å². The number of amides is 2. The molecule has 1 N–H and O–H groups in total. The van der Waals surface area contributed by atoms with Crippen LogP contribution in [0.15, 0.2) is 30.3 Å². The van der Waals surface area contributed by atoms with Crippen LogP contribution in [0.5, 0.6) is 11.5 Å². The number of halogens is 2. The molecular formula is C24H29F2N3O3. The van der Waals surface area contributed by atoms with Gasteiger partial charge in [-0.3, -0.25) is 4.90 Å². The standard InChI is InChI=1S/C24H29F2N3O3/c1-31-22-12-17-5-10-29(15-18(17)13-23(22)32-2)24(30)27-19-6-8-28(9-7-19)14-16-3-4-20(25)21(26)11-16/h3-4,11-13,19H,5-10,14-15H2,1-2H3,(H,27,30). The summed E-state index contributed by atoms with van der Waals surface area (Å²) < 4.78 is 37.3. The smallest absolute Gasteiger partial charge is 0.317 e. The zero-order chi connectivity index (χ0) is 22.7. The number of rotatable bonds is 5. The van der Waals surface area contributed by atoms with E-state index < -0.39 is 11.6 Å². The molecule has 1 saturated heterocycles. The number of nitrogens with zero attached hydrogens (tertiary/aromatic N) is 2. The highest BCUT2D eigenvalue weighted by Crippen LogP contribution is 2.33. The quantitative estimate of drug-likeness (QED) is 0.762. The van der Waals surface area contributed by atoms with E-state index in [1.165, 1.54) is 17.7 Å². The maximum absolute atomic E-state index is 13.4. The predicted octanol–water partition coefficient (Wildman–Crippen LogP) is 3.71. The van der Waals surface area contributed by atoms with Crippen LogP contribution >= 0.6 is 0 Å². The Morgan fingerprint density at radius 1 is 1.00 bits per heavy atom. The fourth-order valence-electron chi connectivity index (χ4n) is 4.45. The molecule has 32 heavy (non-hydrogen) atoms. The molecule has 2 aliphatic rings. The number of carbonyl (C=O) groups excluding carboxylic acids is 1. The zero-order valence-corrected chi connectivity index (χ0v) is 18.5. The van der Waals surface area contributed by atoms with Gasteiger partial charge in [0, 0.05) is 38.8 Å². The Morgan fingerprint density at radius 2 is 1.69 bits per heavy atom. The summed E-state index contributed by atoms with van der Waals surface area (Å²) >= 11 is 0. The molecule has 4 rings (SSSR count). The molecular weight excluding hydrogens is 416 g/mol. The summed E-state index contributed by atoms with van der Waals surface area (Å²) in [5, 5.41) is 3.17. The second kappa shape index (κ2) is 9.73. The Labute approximate surface area is 187 Å². The lowest BCUT2D eigenvalue weighted by molar-refractivity contribution is 0.165. The lowest BCUT2D eigenvalue weighted by Gasteiger charge is -2.35. The van der Waals surface area contributed by atoms with Crippen molar-refractivity contribution in [3.05, 3.63) is 58.7 Å². The fourth-order valence-corrected chi connectivity index (χ4v) is 4.45. The van der Waals surface area contributed by atoms with Gasteiger partial charge in [-0.1, -0.05) is 6.07 Å². The Hall–Kier alpha value is -2.87. The van der Waals surface area contributed by atoms with Gasteiger partial charge in [-0.2, -0.15) is 0 Å². The van der Waals surface area contributed by atoms with E-state index in [0.717, 1.165) is 43.5 Å². The van der Waals surface area contributed by atoms with Gasteiger partial charge in [0.25, 0.3) is 0 Å². The summed E-state index contributed by atoms with van der Waals surface area (Å²) in [6, 6.07) is 8.03. The second-order valence-corrected chi connectivity index (χ2v) is 8.40. The Morgan fingerprint density at radius 3 is 2.34 bits per heavy atom. The van der Waals surface area contributed by atoms with Crippen molar-refractivity contribution in [2.45, 2.75) is 38.4 Å². The Bertz CT molecular complexity index is 977. The number of carbonyl (C=O) groups is 1. The van der Waals surface area contributed by atoms with Crippen LogP contribution in [-0.2, 0) is 19.5 Å². The molecule has 2 aliphatic heterocycles. The highest BCUT2D eigenvalue weighted by molar-refractivity contribution is 5.75. The van der Waals surface area contributed by atoms with E-state index in [9.17, 15) is 13.6 Å². The van der Waals surface area contributed by atoms with Crippen LogP contribution in [0.1, 0.15) is 29.5 Å². The number of piperidine rings is 1. The lowest BCUT2D eigenvalue weighted by Crippen LogP contribution is -2.50. The predicted molar refractivity (Wildman–Crippen MR) is 117 cm³/mol. The first kappa shape index (κ1) is 22.3.